The van der Waals surface area contributed by atoms with Crippen LogP contribution in [0.4, 0.5) is 0 Å². The van der Waals surface area contributed by atoms with Crippen LogP contribution in [0, 0.1) is 22.7 Å². The van der Waals surface area contributed by atoms with Crippen molar-refractivity contribution in [1.82, 2.24) is 0 Å². The summed E-state index contributed by atoms with van der Waals surface area (Å²) in [4.78, 5) is 22.4. The molecule has 4 fully saturated rings. The molecule has 0 bridgehead atoms. The molecule has 31 heavy (non-hydrogen) atoms. The average Bonchev–Trinajstić information content (AvgIpc) is 3.01. The number of rotatable bonds is 3. The van der Waals surface area contributed by atoms with Crippen LogP contribution < -0.4 is 11.4 Å². The molecule has 1 unspecified atom stereocenters. The third-order valence-corrected chi connectivity index (χ3v) is 10.5. The molecule has 0 aliphatic heterocycles. The summed E-state index contributed by atoms with van der Waals surface area (Å²) in [6, 6.07) is 3.37. The summed E-state index contributed by atoms with van der Waals surface area (Å²) in [5, 5.41) is 12.3. The van der Waals surface area contributed by atoms with Crippen molar-refractivity contribution in [2.75, 3.05) is 0 Å². The molecule has 5 rings (SSSR count). The first-order valence-corrected chi connectivity index (χ1v) is 11.9. The molecule has 170 valence electrons. The Morgan fingerprint density at radius 2 is 1.81 bits per heavy atom. The molecule has 0 amide bonds. The first-order chi connectivity index (χ1) is 14.7. The molecule has 0 spiro atoms. The van der Waals surface area contributed by atoms with Gasteiger partial charge in [0.2, 0.25) is 0 Å². The summed E-state index contributed by atoms with van der Waals surface area (Å²) < 4.78 is 10.5. The Morgan fingerprint density at radius 1 is 1.06 bits per heavy atom. The zero-order valence-corrected chi connectivity index (χ0v) is 18.6. The molecule has 4 aliphatic carbocycles. The highest BCUT2D eigenvalue weighted by Crippen LogP contribution is 2.70. The maximum absolute atomic E-state index is 12.3. The van der Waals surface area contributed by atoms with Gasteiger partial charge in [0.1, 0.15) is 6.10 Å². The lowest BCUT2D eigenvalue weighted by Crippen LogP contribution is -2.70. The summed E-state index contributed by atoms with van der Waals surface area (Å²) in [6.45, 7) is 5.13. The van der Waals surface area contributed by atoms with Gasteiger partial charge in [0.05, 0.1) is 11.9 Å². The van der Waals surface area contributed by atoms with Crippen LogP contribution in [0.15, 0.2) is 27.6 Å². The van der Waals surface area contributed by atoms with Crippen LogP contribution in [0.25, 0.3) is 0 Å². The van der Waals surface area contributed by atoms with Crippen molar-refractivity contribution in [2.24, 2.45) is 28.4 Å². The largest absolute Gasteiger partial charge is 0.465 e. The summed E-state index contributed by atoms with van der Waals surface area (Å²) >= 11 is 0. The van der Waals surface area contributed by atoms with E-state index < -0.39 is 5.60 Å². The quantitative estimate of drug-likeness (QED) is 0.713. The monoisotopic (exact) mass is 429 g/mol. The second-order valence-electron chi connectivity index (χ2n) is 11.3. The van der Waals surface area contributed by atoms with Gasteiger partial charge in [-0.15, -0.1) is 0 Å². The van der Waals surface area contributed by atoms with Crippen LogP contribution in [0.1, 0.15) is 83.1 Å². The number of fused-ring (bicyclic) bond motifs is 5. The van der Waals surface area contributed by atoms with Crippen molar-refractivity contribution in [2.45, 2.75) is 94.8 Å². The normalized spacial score (nSPS) is 48.9. The minimum atomic E-state index is -0.739. The van der Waals surface area contributed by atoms with Gasteiger partial charge in [0, 0.05) is 23.4 Å². The first kappa shape index (κ1) is 21.2. The van der Waals surface area contributed by atoms with Crippen LogP contribution in [0.3, 0.4) is 0 Å². The molecule has 0 saturated heterocycles. The van der Waals surface area contributed by atoms with Gasteiger partial charge in [-0.3, -0.25) is 4.79 Å². The van der Waals surface area contributed by atoms with E-state index in [0.717, 1.165) is 56.9 Å². The molecule has 6 heteroatoms. The van der Waals surface area contributed by atoms with E-state index in [1.54, 1.807) is 6.26 Å². The summed E-state index contributed by atoms with van der Waals surface area (Å²) in [6.07, 6.45) is 9.43. The van der Waals surface area contributed by atoms with Crippen molar-refractivity contribution in [1.29, 1.82) is 0 Å². The standard InChI is InChI=1S/C25H35NO5/c1-22-9-5-17(31-15-27)13-24(22,26)11-7-20-19(22)6-10-23(2)18(8-12-25(20,23)29)16-3-4-21(28)30-14-16/h3-4,14-15,17-20,29H,5-13,26H2,1-2H3/t17-,18+,19?,20+,22+,23+,24-,25-/m0/s1. The van der Waals surface area contributed by atoms with Gasteiger partial charge in [-0.2, -0.15) is 0 Å². The number of aliphatic hydroxyl groups is 1. The fraction of sp³-hybridized carbons (Fsp3) is 0.760. The minimum Gasteiger partial charge on any atom is -0.465 e. The first-order valence-electron chi connectivity index (χ1n) is 11.9. The molecule has 8 atom stereocenters. The van der Waals surface area contributed by atoms with Crippen molar-refractivity contribution in [3.05, 3.63) is 34.4 Å². The van der Waals surface area contributed by atoms with Gasteiger partial charge in [0.15, 0.2) is 0 Å². The number of carbonyl (C=O) groups excluding carboxylic acids is 1. The third kappa shape index (κ3) is 2.76. The number of hydrogen-bond acceptors (Lipinski definition) is 6. The van der Waals surface area contributed by atoms with E-state index in [-0.39, 0.29) is 39.9 Å². The molecule has 1 aromatic rings. The number of carbonyl (C=O) groups is 1. The van der Waals surface area contributed by atoms with Gasteiger partial charge >= 0.3 is 5.63 Å². The van der Waals surface area contributed by atoms with E-state index >= 15 is 0 Å². The van der Waals surface area contributed by atoms with Gasteiger partial charge in [-0.25, -0.2) is 4.79 Å². The van der Waals surface area contributed by atoms with E-state index in [2.05, 4.69) is 13.8 Å². The maximum atomic E-state index is 12.3. The molecule has 4 aliphatic rings. The van der Waals surface area contributed by atoms with E-state index in [1.807, 2.05) is 6.07 Å². The second kappa shape index (κ2) is 6.92. The van der Waals surface area contributed by atoms with Gasteiger partial charge < -0.3 is 20.0 Å². The summed E-state index contributed by atoms with van der Waals surface area (Å²) in [7, 11) is 0. The zero-order valence-electron chi connectivity index (χ0n) is 18.6. The fourth-order valence-corrected chi connectivity index (χ4v) is 8.56. The topological polar surface area (TPSA) is 103 Å². The highest BCUT2D eigenvalue weighted by Gasteiger charge is 2.69. The smallest absolute Gasteiger partial charge is 0.335 e. The SMILES string of the molecule is C[C@]12CC[C@H](OC=O)C[C@@]1(N)CC[C@@H]1C2CC[C@]2(C)[C@@H](c3ccc(=O)oc3)CC[C@]12O. The van der Waals surface area contributed by atoms with Crippen molar-refractivity contribution >= 4 is 6.47 Å². The van der Waals surface area contributed by atoms with Crippen LogP contribution in [-0.2, 0) is 9.53 Å². The van der Waals surface area contributed by atoms with Gasteiger partial charge in [-0.1, -0.05) is 13.8 Å². The second-order valence-corrected chi connectivity index (χ2v) is 11.3. The van der Waals surface area contributed by atoms with Crippen LogP contribution in [0.2, 0.25) is 0 Å². The van der Waals surface area contributed by atoms with Crippen LogP contribution in [-0.4, -0.2) is 28.8 Å². The molecule has 0 aromatic carbocycles. The van der Waals surface area contributed by atoms with E-state index in [0.29, 0.717) is 18.8 Å². The lowest BCUT2D eigenvalue weighted by molar-refractivity contribution is -0.211. The molecule has 0 radical (unpaired) electrons. The Morgan fingerprint density at radius 3 is 2.52 bits per heavy atom. The predicted octanol–water partition coefficient (Wildman–Crippen LogP) is 3.50. The van der Waals surface area contributed by atoms with E-state index in [4.69, 9.17) is 14.9 Å². The summed E-state index contributed by atoms with van der Waals surface area (Å²) in [5.41, 5.74) is 6.35. The van der Waals surface area contributed by atoms with Gasteiger partial charge in [-0.05, 0) is 86.2 Å². The fourth-order valence-electron chi connectivity index (χ4n) is 8.56. The van der Waals surface area contributed by atoms with Crippen LogP contribution >= 0.6 is 0 Å². The third-order valence-electron chi connectivity index (χ3n) is 10.5. The predicted molar refractivity (Wildman–Crippen MR) is 115 cm³/mol. The highest BCUT2D eigenvalue weighted by atomic mass is 16.5. The maximum Gasteiger partial charge on any atom is 0.335 e. The Balaban J connectivity index is 1.46. The van der Waals surface area contributed by atoms with Crippen molar-refractivity contribution < 1.29 is 19.1 Å². The Bertz CT molecular complexity index is 910. The number of nitrogens with two attached hydrogens (primary N) is 1. The number of hydrogen-bond donors (Lipinski definition) is 2. The lowest BCUT2D eigenvalue weighted by atomic mass is 9.41. The van der Waals surface area contributed by atoms with Crippen molar-refractivity contribution in [3.8, 4) is 0 Å². The Kier molecular flexibility index (Phi) is 4.73. The summed E-state index contributed by atoms with van der Waals surface area (Å²) in [5.74, 6) is 0.781. The lowest BCUT2D eigenvalue weighted by Gasteiger charge is -2.66. The van der Waals surface area contributed by atoms with Gasteiger partial charge in [0.25, 0.3) is 6.47 Å². The molecular formula is C25H35NO5. The molecular weight excluding hydrogens is 394 g/mol. The minimum absolute atomic E-state index is 0.0622. The Hall–Kier alpha value is -1.66. The van der Waals surface area contributed by atoms with Crippen LogP contribution in [0.5, 0.6) is 0 Å². The van der Waals surface area contributed by atoms with Crippen molar-refractivity contribution in [3.63, 3.8) is 0 Å². The van der Waals surface area contributed by atoms with E-state index in [1.165, 1.54) is 6.07 Å². The zero-order chi connectivity index (χ0) is 22.1. The molecule has 1 heterocycles. The highest BCUT2D eigenvalue weighted by molar-refractivity contribution is 5.37. The molecule has 1 aromatic heterocycles. The molecule has 6 nitrogen and oxygen atoms in total. The molecule has 4 saturated carbocycles. The number of ether oxygens (including phenoxy) is 1. The Labute approximate surface area is 183 Å². The average molecular weight is 430 g/mol. The molecule has 3 N–H and O–H groups in total. The van der Waals surface area contributed by atoms with E-state index in [9.17, 15) is 14.7 Å².